The van der Waals surface area contributed by atoms with Crippen molar-refractivity contribution in [3.63, 3.8) is 0 Å². The summed E-state index contributed by atoms with van der Waals surface area (Å²) in [4.78, 5) is 11.0. The van der Waals surface area contributed by atoms with Crippen LogP contribution in [0, 0.1) is 23.2 Å². The van der Waals surface area contributed by atoms with Crippen molar-refractivity contribution >= 4 is 5.97 Å². The van der Waals surface area contributed by atoms with Crippen LogP contribution in [0.25, 0.3) is 0 Å². The molecule has 2 bridgehead atoms. The number of carbonyl (C=O) groups excluding carboxylic acids is 1. The van der Waals surface area contributed by atoms with Crippen LogP contribution in [-0.2, 0) is 14.3 Å². The second-order valence-electron chi connectivity index (χ2n) is 5.62. The highest BCUT2D eigenvalue weighted by Crippen LogP contribution is 2.50. The summed E-state index contributed by atoms with van der Waals surface area (Å²) in [6, 6.07) is 0. The fourth-order valence-corrected chi connectivity index (χ4v) is 3.35. The van der Waals surface area contributed by atoms with E-state index < -0.39 is 0 Å². The minimum Gasteiger partial charge on any atom is -0.465 e. The van der Waals surface area contributed by atoms with Crippen LogP contribution >= 0.6 is 0 Å². The van der Waals surface area contributed by atoms with Crippen molar-refractivity contribution in [3.05, 3.63) is 11.6 Å². The minimum absolute atomic E-state index is 0.0336. The molecule has 2 aliphatic rings. The van der Waals surface area contributed by atoms with Gasteiger partial charge < -0.3 is 9.47 Å². The lowest BCUT2D eigenvalue weighted by Gasteiger charge is -2.52. The van der Waals surface area contributed by atoms with Crippen LogP contribution in [0.2, 0.25) is 0 Å². The molecule has 0 radical (unpaired) electrons. The van der Waals surface area contributed by atoms with Gasteiger partial charge in [0.05, 0.1) is 19.8 Å². The monoisotopic (exact) mass is 238 g/mol. The summed E-state index contributed by atoms with van der Waals surface area (Å²) in [5.41, 5.74) is 1.39. The first-order chi connectivity index (χ1) is 7.97. The van der Waals surface area contributed by atoms with Crippen molar-refractivity contribution in [3.8, 4) is 0 Å². The van der Waals surface area contributed by atoms with Gasteiger partial charge in [0.1, 0.15) is 0 Å². The molecule has 1 saturated heterocycles. The molecule has 0 unspecified atom stereocenters. The summed E-state index contributed by atoms with van der Waals surface area (Å²) < 4.78 is 11.0. The number of rotatable bonds is 2. The summed E-state index contributed by atoms with van der Waals surface area (Å²) in [6.07, 6.45) is 2.33. The van der Waals surface area contributed by atoms with Crippen molar-refractivity contribution in [2.45, 2.75) is 27.7 Å². The van der Waals surface area contributed by atoms with Gasteiger partial charge in [-0.15, -0.1) is 0 Å². The molecule has 1 aliphatic heterocycles. The molecule has 0 N–H and O–H groups in total. The molecule has 0 aromatic carbocycles. The van der Waals surface area contributed by atoms with Gasteiger partial charge in [-0.25, -0.2) is 0 Å². The Morgan fingerprint density at radius 2 is 2.29 bits per heavy atom. The van der Waals surface area contributed by atoms with Gasteiger partial charge in [-0.05, 0) is 18.8 Å². The Hall–Kier alpha value is -0.830. The van der Waals surface area contributed by atoms with E-state index in [1.807, 2.05) is 0 Å². The standard InChI is InChI=1S/C14H22O3/c1-9-5-10(2)14(8-17-12(4)15)7-16-6-13(9)11(14)3/h5,10-11,13H,6-8H2,1-4H3/t10-,11-,13-,14+/m1/s1. The van der Waals surface area contributed by atoms with Gasteiger partial charge in [0, 0.05) is 18.3 Å². The second-order valence-corrected chi connectivity index (χ2v) is 5.62. The largest absolute Gasteiger partial charge is 0.465 e. The van der Waals surface area contributed by atoms with Crippen molar-refractivity contribution in [2.24, 2.45) is 23.2 Å². The van der Waals surface area contributed by atoms with Gasteiger partial charge in [-0.1, -0.05) is 25.5 Å². The Morgan fingerprint density at radius 1 is 1.59 bits per heavy atom. The predicted octanol–water partition coefficient (Wildman–Crippen LogP) is 2.41. The van der Waals surface area contributed by atoms with Crippen LogP contribution < -0.4 is 0 Å². The van der Waals surface area contributed by atoms with Crippen molar-refractivity contribution in [1.29, 1.82) is 0 Å². The van der Waals surface area contributed by atoms with Crippen LogP contribution in [0.5, 0.6) is 0 Å². The number of allylic oxidation sites excluding steroid dienone is 1. The molecular formula is C14H22O3. The Balaban J connectivity index is 2.26. The summed E-state index contributed by atoms with van der Waals surface area (Å²) in [7, 11) is 0. The maximum atomic E-state index is 11.0. The maximum Gasteiger partial charge on any atom is 0.302 e. The normalized spacial score (nSPS) is 40.7. The fraction of sp³-hybridized carbons (Fsp3) is 0.786. The average molecular weight is 238 g/mol. The minimum atomic E-state index is -0.202. The lowest BCUT2D eigenvalue weighted by molar-refractivity contribution is -0.162. The Bertz CT molecular complexity index is 347. The molecule has 1 aliphatic carbocycles. The molecule has 17 heavy (non-hydrogen) atoms. The Labute approximate surface area is 103 Å². The number of ether oxygens (including phenoxy) is 2. The van der Waals surface area contributed by atoms with Gasteiger partial charge >= 0.3 is 5.97 Å². The van der Waals surface area contributed by atoms with E-state index >= 15 is 0 Å². The average Bonchev–Trinajstić information content (AvgIpc) is 2.25. The molecule has 3 nitrogen and oxygen atoms in total. The molecule has 3 heteroatoms. The van der Waals surface area contributed by atoms with Gasteiger partial charge in [-0.3, -0.25) is 4.79 Å². The number of hydrogen-bond acceptors (Lipinski definition) is 3. The smallest absolute Gasteiger partial charge is 0.302 e. The maximum absolute atomic E-state index is 11.0. The van der Waals surface area contributed by atoms with E-state index in [9.17, 15) is 4.79 Å². The SMILES string of the molecule is CC(=O)OC[C@@]12COC[C@H](C(C)=C[C@H]1C)[C@H]2C. The predicted molar refractivity (Wildman–Crippen MR) is 65.5 cm³/mol. The first kappa shape index (κ1) is 12.6. The van der Waals surface area contributed by atoms with Crippen LogP contribution in [-0.4, -0.2) is 25.8 Å². The second kappa shape index (κ2) is 4.45. The zero-order chi connectivity index (χ0) is 12.6. The molecule has 0 saturated carbocycles. The topological polar surface area (TPSA) is 35.5 Å². The van der Waals surface area contributed by atoms with E-state index in [0.717, 1.165) is 6.61 Å². The van der Waals surface area contributed by atoms with E-state index in [4.69, 9.17) is 9.47 Å². The third-order valence-corrected chi connectivity index (χ3v) is 4.73. The van der Waals surface area contributed by atoms with Crippen LogP contribution in [0.15, 0.2) is 11.6 Å². The van der Waals surface area contributed by atoms with Crippen LogP contribution in [0.4, 0.5) is 0 Å². The molecule has 4 atom stereocenters. The van der Waals surface area contributed by atoms with Gasteiger partial charge in [0.15, 0.2) is 0 Å². The third kappa shape index (κ3) is 2.01. The van der Waals surface area contributed by atoms with Crippen LogP contribution in [0.3, 0.4) is 0 Å². The zero-order valence-electron chi connectivity index (χ0n) is 11.2. The molecule has 0 spiro atoms. The lowest BCUT2D eigenvalue weighted by atomic mass is 9.58. The zero-order valence-corrected chi connectivity index (χ0v) is 11.2. The molecule has 2 rings (SSSR count). The molecular weight excluding hydrogens is 216 g/mol. The van der Waals surface area contributed by atoms with E-state index in [1.54, 1.807) is 0 Å². The quantitative estimate of drug-likeness (QED) is 0.547. The number of fused-ring (bicyclic) bond motifs is 2. The van der Waals surface area contributed by atoms with Crippen molar-refractivity contribution < 1.29 is 14.3 Å². The fourth-order valence-electron chi connectivity index (χ4n) is 3.35. The molecule has 1 fully saturated rings. The Kier molecular flexibility index (Phi) is 3.30. The summed E-state index contributed by atoms with van der Waals surface area (Å²) >= 11 is 0. The molecule has 0 aromatic rings. The molecule has 0 aromatic heterocycles. The highest BCUT2D eigenvalue weighted by Gasteiger charge is 2.50. The van der Waals surface area contributed by atoms with Gasteiger partial charge in [-0.2, -0.15) is 0 Å². The van der Waals surface area contributed by atoms with Gasteiger partial charge in [0.25, 0.3) is 0 Å². The number of hydrogen-bond donors (Lipinski definition) is 0. The lowest BCUT2D eigenvalue weighted by Crippen LogP contribution is -2.53. The summed E-state index contributed by atoms with van der Waals surface area (Å²) in [5.74, 6) is 1.19. The number of carbonyl (C=O) groups is 1. The van der Waals surface area contributed by atoms with E-state index in [2.05, 4.69) is 26.8 Å². The van der Waals surface area contributed by atoms with Crippen molar-refractivity contribution in [2.75, 3.05) is 19.8 Å². The summed E-state index contributed by atoms with van der Waals surface area (Å²) in [5, 5.41) is 0. The first-order valence-electron chi connectivity index (χ1n) is 6.37. The molecule has 96 valence electrons. The van der Waals surface area contributed by atoms with Crippen molar-refractivity contribution in [1.82, 2.24) is 0 Å². The molecule has 1 heterocycles. The third-order valence-electron chi connectivity index (χ3n) is 4.73. The first-order valence-corrected chi connectivity index (χ1v) is 6.37. The van der Waals surface area contributed by atoms with E-state index in [-0.39, 0.29) is 11.4 Å². The molecule has 0 amide bonds. The van der Waals surface area contributed by atoms with E-state index in [0.29, 0.717) is 31.0 Å². The van der Waals surface area contributed by atoms with Gasteiger partial charge in [0.2, 0.25) is 0 Å². The number of esters is 1. The van der Waals surface area contributed by atoms with Crippen LogP contribution in [0.1, 0.15) is 27.7 Å². The van der Waals surface area contributed by atoms with E-state index in [1.165, 1.54) is 12.5 Å². The summed E-state index contributed by atoms with van der Waals surface area (Å²) in [6.45, 7) is 10.1. The Morgan fingerprint density at radius 3 is 2.94 bits per heavy atom. The highest BCUT2D eigenvalue weighted by molar-refractivity contribution is 5.65. The highest BCUT2D eigenvalue weighted by atomic mass is 16.5.